The maximum Gasteiger partial charge on any atom is 0.267 e. The lowest BCUT2D eigenvalue weighted by molar-refractivity contribution is -0.122. The molecule has 1 aliphatic heterocycles. The zero-order valence-electron chi connectivity index (χ0n) is 20.8. The lowest BCUT2D eigenvalue weighted by Crippen LogP contribution is -2.48. The zero-order valence-corrected chi connectivity index (χ0v) is 24.7. The molecule has 0 spiro atoms. The van der Waals surface area contributed by atoms with E-state index in [1.165, 1.54) is 60.7 Å². The second-order valence-electron chi connectivity index (χ2n) is 8.78. The van der Waals surface area contributed by atoms with Crippen LogP contribution in [0.25, 0.3) is 0 Å². The van der Waals surface area contributed by atoms with E-state index in [2.05, 4.69) is 10.0 Å². The van der Waals surface area contributed by atoms with Crippen LogP contribution in [-0.2, 0) is 24.8 Å². The van der Waals surface area contributed by atoms with E-state index in [-0.39, 0.29) is 49.2 Å². The first-order chi connectivity index (χ1) is 19.5. The van der Waals surface area contributed by atoms with Gasteiger partial charge >= 0.3 is 0 Å². The zero-order chi connectivity index (χ0) is 29.4. The molecule has 0 aromatic heterocycles. The molecule has 0 aliphatic carbocycles. The van der Waals surface area contributed by atoms with Crippen LogP contribution < -0.4 is 19.1 Å². The molecule has 0 radical (unpaired) electrons. The number of carbonyl (C=O) groups is 1. The Kier molecular flexibility index (Phi) is 8.09. The molecule has 5 rings (SSSR count). The second-order valence-corrected chi connectivity index (χ2v) is 13.6. The number of hydrogen-bond donors (Lipinski definition) is 2. The first kappa shape index (κ1) is 29.0. The van der Waals surface area contributed by atoms with E-state index in [1.54, 1.807) is 30.3 Å². The first-order valence-electron chi connectivity index (χ1n) is 11.9. The molecule has 4 aromatic carbocycles. The summed E-state index contributed by atoms with van der Waals surface area (Å²) in [7, 11) is -8.08. The maximum atomic E-state index is 13.5. The quantitative estimate of drug-likeness (QED) is 0.251. The van der Waals surface area contributed by atoms with E-state index in [1.807, 2.05) is 0 Å². The van der Waals surface area contributed by atoms with Crippen LogP contribution in [-0.4, -0.2) is 35.4 Å². The van der Waals surface area contributed by atoms with Gasteiger partial charge in [0.15, 0.2) is 6.10 Å². The van der Waals surface area contributed by atoms with E-state index in [0.717, 1.165) is 4.31 Å². The standard InChI is InChI=1S/C27H20Cl3N3O6S2/c28-17-8-12-20(13-9-17)41(37,38)33-16-25(39-24-7-2-1-6-23(24)33)27(34)31-18-10-14-19(15-11-18)40(35,36)32-22-5-3-4-21(29)26(22)30/h1-15,25,32H,16H2,(H,31,34). The van der Waals surface area contributed by atoms with Crippen molar-refractivity contribution in [3.63, 3.8) is 0 Å². The number of amides is 1. The average molecular weight is 653 g/mol. The van der Waals surface area contributed by atoms with Crippen molar-refractivity contribution in [1.29, 1.82) is 0 Å². The van der Waals surface area contributed by atoms with Crippen LogP contribution in [0.15, 0.2) is 101 Å². The number of benzene rings is 4. The molecule has 0 bridgehead atoms. The smallest absolute Gasteiger partial charge is 0.267 e. The summed E-state index contributed by atoms with van der Waals surface area (Å²) in [6.45, 7) is -0.301. The number of nitrogens with one attached hydrogen (secondary N) is 2. The molecular weight excluding hydrogens is 633 g/mol. The Labute approximate surface area is 251 Å². The molecule has 0 saturated carbocycles. The summed E-state index contributed by atoms with van der Waals surface area (Å²) in [5.74, 6) is -0.418. The van der Waals surface area contributed by atoms with Gasteiger partial charge in [-0.05, 0) is 72.8 Å². The largest absolute Gasteiger partial charge is 0.476 e. The van der Waals surface area contributed by atoms with E-state index >= 15 is 0 Å². The number of nitrogens with zero attached hydrogens (tertiary/aromatic N) is 1. The number of carbonyl (C=O) groups excluding carboxylic acids is 1. The van der Waals surface area contributed by atoms with Gasteiger partial charge in [-0.15, -0.1) is 0 Å². The molecule has 1 atom stereocenters. The predicted molar refractivity (Wildman–Crippen MR) is 159 cm³/mol. The van der Waals surface area contributed by atoms with Gasteiger partial charge < -0.3 is 10.1 Å². The van der Waals surface area contributed by atoms with Crippen LogP contribution in [0, 0.1) is 0 Å². The molecule has 41 heavy (non-hydrogen) atoms. The van der Waals surface area contributed by atoms with E-state index in [0.29, 0.717) is 5.02 Å². The molecule has 1 aliphatic rings. The number of ether oxygens (including phenoxy) is 1. The van der Waals surface area contributed by atoms with Crippen LogP contribution in [0.3, 0.4) is 0 Å². The van der Waals surface area contributed by atoms with Crippen LogP contribution >= 0.6 is 34.8 Å². The second kappa shape index (κ2) is 11.4. The van der Waals surface area contributed by atoms with Crippen molar-refractivity contribution in [3.05, 3.63) is 106 Å². The molecular formula is C27H20Cl3N3O6S2. The minimum Gasteiger partial charge on any atom is -0.476 e. The van der Waals surface area contributed by atoms with Crippen molar-refractivity contribution in [2.24, 2.45) is 0 Å². The van der Waals surface area contributed by atoms with Gasteiger partial charge in [-0.1, -0.05) is 53.0 Å². The molecule has 1 heterocycles. The van der Waals surface area contributed by atoms with Crippen molar-refractivity contribution < 1.29 is 26.4 Å². The lowest BCUT2D eigenvalue weighted by Gasteiger charge is -2.34. The van der Waals surface area contributed by atoms with Gasteiger partial charge in [0.2, 0.25) is 0 Å². The topological polar surface area (TPSA) is 122 Å². The summed E-state index contributed by atoms with van der Waals surface area (Å²) in [6, 6.07) is 22.1. The molecule has 1 unspecified atom stereocenters. The van der Waals surface area contributed by atoms with Gasteiger partial charge in [0, 0.05) is 10.7 Å². The fourth-order valence-electron chi connectivity index (χ4n) is 4.03. The fourth-order valence-corrected chi connectivity index (χ4v) is 7.10. The molecule has 0 fully saturated rings. The van der Waals surface area contributed by atoms with Crippen molar-refractivity contribution in [2.75, 3.05) is 20.9 Å². The van der Waals surface area contributed by atoms with Crippen molar-refractivity contribution in [2.45, 2.75) is 15.9 Å². The highest BCUT2D eigenvalue weighted by atomic mass is 35.5. The Bertz CT molecular complexity index is 1840. The summed E-state index contributed by atoms with van der Waals surface area (Å²) in [5.41, 5.74) is 0.669. The van der Waals surface area contributed by atoms with Gasteiger partial charge in [0.25, 0.3) is 26.0 Å². The summed E-state index contributed by atoms with van der Waals surface area (Å²) in [4.78, 5) is 13.1. The minimum absolute atomic E-state index is 0.00207. The van der Waals surface area contributed by atoms with Crippen LogP contribution in [0.4, 0.5) is 17.1 Å². The van der Waals surface area contributed by atoms with E-state index in [4.69, 9.17) is 39.5 Å². The van der Waals surface area contributed by atoms with Crippen LogP contribution in [0.5, 0.6) is 5.75 Å². The third-order valence-electron chi connectivity index (χ3n) is 6.06. The van der Waals surface area contributed by atoms with Crippen molar-refractivity contribution in [3.8, 4) is 5.75 Å². The van der Waals surface area contributed by atoms with Gasteiger partial charge in [0.1, 0.15) is 5.75 Å². The predicted octanol–water partition coefficient (Wildman–Crippen LogP) is 6.04. The summed E-state index contributed by atoms with van der Waals surface area (Å²) in [5, 5.41) is 3.28. The average Bonchev–Trinajstić information content (AvgIpc) is 2.95. The summed E-state index contributed by atoms with van der Waals surface area (Å²) >= 11 is 18.0. The van der Waals surface area contributed by atoms with Crippen molar-refractivity contribution >= 4 is 77.8 Å². The maximum absolute atomic E-state index is 13.5. The summed E-state index contributed by atoms with van der Waals surface area (Å²) in [6.07, 6.45) is -1.21. The van der Waals surface area contributed by atoms with Gasteiger partial charge in [0.05, 0.1) is 37.8 Å². The molecule has 2 N–H and O–H groups in total. The highest BCUT2D eigenvalue weighted by Gasteiger charge is 2.37. The third kappa shape index (κ3) is 6.09. The molecule has 14 heteroatoms. The molecule has 4 aromatic rings. The Morgan fingerprint density at radius 3 is 2.17 bits per heavy atom. The Balaban J connectivity index is 1.34. The Morgan fingerprint density at radius 2 is 1.46 bits per heavy atom. The van der Waals surface area contributed by atoms with Crippen LogP contribution in [0.2, 0.25) is 15.1 Å². The molecule has 9 nitrogen and oxygen atoms in total. The van der Waals surface area contributed by atoms with Gasteiger partial charge in [-0.2, -0.15) is 0 Å². The summed E-state index contributed by atoms with van der Waals surface area (Å²) < 4.78 is 62.0. The van der Waals surface area contributed by atoms with Gasteiger partial charge in [-0.3, -0.25) is 13.8 Å². The number of para-hydroxylation sites is 2. The lowest BCUT2D eigenvalue weighted by atomic mass is 10.2. The number of anilines is 3. The molecule has 0 saturated heterocycles. The molecule has 212 valence electrons. The number of sulfonamides is 2. The normalized spacial score (nSPS) is 15.0. The van der Waals surface area contributed by atoms with E-state index in [9.17, 15) is 21.6 Å². The minimum atomic E-state index is -4.06. The SMILES string of the molecule is O=C(Nc1ccc(S(=O)(=O)Nc2cccc(Cl)c2Cl)cc1)C1CN(S(=O)(=O)c2ccc(Cl)cc2)c2ccccc2O1. The first-order valence-corrected chi connectivity index (χ1v) is 15.9. The Hall–Kier alpha value is -3.48. The number of rotatable bonds is 7. The van der Waals surface area contributed by atoms with Crippen LogP contribution in [0.1, 0.15) is 0 Å². The number of hydrogen-bond acceptors (Lipinski definition) is 6. The van der Waals surface area contributed by atoms with Crippen molar-refractivity contribution in [1.82, 2.24) is 0 Å². The highest BCUT2D eigenvalue weighted by molar-refractivity contribution is 7.93. The highest BCUT2D eigenvalue weighted by Crippen LogP contribution is 2.37. The third-order valence-corrected chi connectivity index (χ3v) is 10.3. The Morgan fingerprint density at radius 1 is 0.805 bits per heavy atom. The number of halogens is 3. The fraction of sp³-hybridized carbons (Fsp3) is 0.0741. The van der Waals surface area contributed by atoms with E-state index < -0.39 is 32.1 Å². The monoisotopic (exact) mass is 651 g/mol. The molecule has 1 amide bonds. The van der Waals surface area contributed by atoms with Gasteiger partial charge in [-0.25, -0.2) is 16.8 Å². The number of fused-ring (bicyclic) bond motifs is 1.